The van der Waals surface area contributed by atoms with Gasteiger partial charge in [-0.15, -0.1) is 0 Å². The quantitative estimate of drug-likeness (QED) is 0.352. The molecule has 0 radical (unpaired) electrons. The van der Waals surface area contributed by atoms with Gasteiger partial charge in [0.25, 0.3) is 0 Å². The van der Waals surface area contributed by atoms with E-state index in [0.29, 0.717) is 16.9 Å². The molecule has 1 aliphatic rings. The first-order valence-corrected chi connectivity index (χ1v) is 12.2. The van der Waals surface area contributed by atoms with E-state index in [2.05, 4.69) is 55.5 Å². The van der Waals surface area contributed by atoms with Crippen LogP contribution in [0.15, 0.2) is 85.3 Å². The molecule has 6 rings (SSSR count). The van der Waals surface area contributed by atoms with Gasteiger partial charge in [-0.05, 0) is 66.6 Å². The first-order valence-electron chi connectivity index (χ1n) is 12.2. The fraction of sp³-hybridized carbons (Fsp3) is 0.167. The first-order chi connectivity index (χ1) is 17.7. The molecule has 2 aromatic carbocycles. The van der Waals surface area contributed by atoms with Crippen molar-refractivity contribution in [3.8, 4) is 33.5 Å². The maximum absolute atomic E-state index is 14.8. The van der Waals surface area contributed by atoms with Crippen molar-refractivity contribution in [2.24, 2.45) is 0 Å². The zero-order valence-corrected chi connectivity index (χ0v) is 20.1. The predicted molar refractivity (Wildman–Crippen MR) is 143 cm³/mol. The zero-order valence-electron chi connectivity index (χ0n) is 20.1. The molecule has 0 unspecified atom stereocenters. The molecule has 0 atom stereocenters. The summed E-state index contributed by atoms with van der Waals surface area (Å²) in [5, 5.41) is 4.30. The van der Waals surface area contributed by atoms with Gasteiger partial charge in [0.2, 0.25) is 0 Å². The van der Waals surface area contributed by atoms with E-state index in [1.807, 2.05) is 43.6 Å². The van der Waals surface area contributed by atoms with Crippen molar-refractivity contribution in [3.05, 3.63) is 96.7 Å². The smallest absolute Gasteiger partial charge is 0.160 e. The van der Waals surface area contributed by atoms with Crippen molar-refractivity contribution in [2.45, 2.75) is 6.92 Å². The van der Waals surface area contributed by atoms with Crippen LogP contribution in [0.3, 0.4) is 0 Å². The Morgan fingerprint density at radius 1 is 0.833 bits per heavy atom. The number of fused-ring (bicyclic) bond motifs is 1. The predicted octanol–water partition coefficient (Wildman–Crippen LogP) is 5.88. The van der Waals surface area contributed by atoms with E-state index in [1.165, 1.54) is 11.8 Å². The molecule has 1 N–H and O–H groups in total. The van der Waals surface area contributed by atoms with E-state index in [-0.39, 0.29) is 5.82 Å². The van der Waals surface area contributed by atoms with E-state index >= 15 is 0 Å². The summed E-state index contributed by atoms with van der Waals surface area (Å²) in [5.41, 5.74) is 7.81. The Morgan fingerprint density at radius 2 is 1.64 bits per heavy atom. The zero-order chi connectivity index (χ0) is 24.5. The Labute approximate surface area is 209 Å². The number of aromatic nitrogens is 3. The van der Waals surface area contributed by atoms with Gasteiger partial charge in [0.1, 0.15) is 5.82 Å². The fourth-order valence-corrected chi connectivity index (χ4v) is 4.80. The maximum atomic E-state index is 14.8. The third-order valence-electron chi connectivity index (χ3n) is 6.71. The van der Waals surface area contributed by atoms with E-state index in [9.17, 15) is 4.39 Å². The number of hydrogen-bond donors (Lipinski definition) is 1. The Balaban J connectivity index is 1.42. The van der Waals surface area contributed by atoms with Crippen LogP contribution in [-0.2, 0) is 0 Å². The molecule has 5 aromatic rings. The van der Waals surface area contributed by atoms with Crippen molar-refractivity contribution in [3.63, 3.8) is 0 Å². The lowest BCUT2D eigenvalue weighted by Gasteiger charge is -2.29. The molecule has 0 bridgehead atoms. The Kier molecular flexibility index (Phi) is 5.87. The Bertz CT molecular complexity index is 1540. The van der Waals surface area contributed by atoms with Crippen LogP contribution in [0.4, 0.5) is 10.1 Å². The number of aryl methyl sites for hydroxylation is 1. The highest BCUT2D eigenvalue weighted by atomic mass is 19.1. The number of piperazine rings is 1. The highest BCUT2D eigenvalue weighted by Crippen LogP contribution is 2.34. The minimum Gasteiger partial charge on any atom is -0.369 e. The minimum absolute atomic E-state index is 0.300. The molecule has 0 saturated carbocycles. The highest BCUT2D eigenvalue weighted by molar-refractivity contribution is 5.95. The normalized spacial score (nSPS) is 13.8. The molecule has 36 heavy (non-hydrogen) atoms. The number of anilines is 1. The summed E-state index contributed by atoms with van der Waals surface area (Å²) < 4.78 is 14.8. The van der Waals surface area contributed by atoms with Crippen molar-refractivity contribution in [1.82, 2.24) is 20.3 Å². The molecule has 3 aromatic heterocycles. The average Bonchev–Trinajstić information content (AvgIpc) is 2.94. The molecular weight excluding hydrogens is 449 g/mol. The van der Waals surface area contributed by atoms with Crippen LogP contribution in [0.2, 0.25) is 0 Å². The molecule has 1 fully saturated rings. The first kappa shape index (κ1) is 22.3. The van der Waals surface area contributed by atoms with Crippen LogP contribution in [-0.4, -0.2) is 41.1 Å². The lowest BCUT2D eigenvalue weighted by atomic mass is 9.97. The third-order valence-corrected chi connectivity index (χ3v) is 6.71. The second kappa shape index (κ2) is 9.47. The summed E-state index contributed by atoms with van der Waals surface area (Å²) in [7, 11) is 0. The van der Waals surface area contributed by atoms with Crippen molar-refractivity contribution >= 4 is 16.7 Å². The number of nitrogens with zero attached hydrogens (tertiary/aromatic N) is 4. The van der Waals surface area contributed by atoms with Gasteiger partial charge in [0.05, 0.1) is 5.69 Å². The number of halogens is 1. The molecular formula is C30H26FN5. The molecule has 1 aliphatic heterocycles. The van der Waals surface area contributed by atoms with Crippen LogP contribution in [0.5, 0.6) is 0 Å². The van der Waals surface area contributed by atoms with E-state index < -0.39 is 0 Å². The molecule has 5 nitrogen and oxygen atoms in total. The molecule has 6 heteroatoms. The summed E-state index contributed by atoms with van der Waals surface area (Å²) in [6, 6.07) is 21.7. The SMILES string of the molecule is Cc1ccc(F)c(-c2cc(-c3cncc(-c4ccc(N5CCNCC5)cc4)c3)c3cccnc3n2)c1. The van der Waals surface area contributed by atoms with Gasteiger partial charge in [-0.25, -0.2) is 14.4 Å². The minimum atomic E-state index is -0.300. The number of hydrogen-bond acceptors (Lipinski definition) is 5. The van der Waals surface area contributed by atoms with Gasteiger partial charge in [-0.2, -0.15) is 0 Å². The van der Waals surface area contributed by atoms with E-state index in [4.69, 9.17) is 0 Å². The van der Waals surface area contributed by atoms with Gasteiger partial charge in [0, 0.05) is 72.5 Å². The number of benzene rings is 2. The summed E-state index contributed by atoms with van der Waals surface area (Å²) in [6.07, 6.45) is 5.44. The summed E-state index contributed by atoms with van der Waals surface area (Å²) in [4.78, 5) is 16.1. The topological polar surface area (TPSA) is 53.9 Å². The number of nitrogens with one attached hydrogen (secondary N) is 1. The summed E-state index contributed by atoms with van der Waals surface area (Å²) >= 11 is 0. The summed E-state index contributed by atoms with van der Waals surface area (Å²) in [5.74, 6) is -0.300. The highest BCUT2D eigenvalue weighted by Gasteiger charge is 2.15. The van der Waals surface area contributed by atoms with Crippen molar-refractivity contribution in [1.29, 1.82) is 0 Å². The maximum Gasteiger partial charge on any atom is 0.160 e. The largest absolute Gasteiger partial charge is 0.369 e. The number of pyridine rings is 3. The standard InChI is InChI=1S/C30H26FN5/c1-20-4-9-28(31)27(15-20)29-17-26(25-3-2-10-34-30(25)35-29)23-16-22(18-33-19-23)21-5-7-24(8-6-21)36-13-11-32-12-14-36/h2-10,15-19,32H,11-14H2,1H3. The molecule has 1 saturated heterocycles. The van der Waals surface area contributed by atoms with Crippen molar-refractivity contribution < 1.29 is 4.39 Å². The Morgan fingerprint density at radius 3 is 2.47 bits per heavy atom. The van der Waals surface area contributed by atoms with Crippen LogP contribution in [0.1, 0.15) is 5.56 Å². The fourth-order valence-electron chi connectivity index (χ4n) is 4.80. The molecule has 0 amide bonds. The molecule has 178 valence electrons. The molecule has 0 spiro atoms. The summed E-state index contributed by atoms with van der Waals surface area (Å²) in [6.45, 7) is 6.00. The van der Waals surface area contributed by atoms with Gasteiger partial charge < -0.3 is 10.2 Å². The third kappa shape index (κ3) is 4.32. The molecule has 0 aliphatic carbocycles. The van der Waals surface area contributed by atoms with E-state index in [0.717, 1.165) is 59.4 Å². The average molecular weight is 476 g/mol. The van der Waals surface area contributed by atoms with Gasteiger partial charge in [-0.1, -0.05) is 23.8 Å². The van der Waals surface area contributed by atoms with Gasteiger partial charge in [-0.3, -0.25) is 4.98 Å². The van der Waals surface area contributed by atoms with Gasteiger partial charge in [0.15, 0.2) is 5.65 Å². The lowest BCUT2D eigenvalue weighted by Crippen LogP contribution is -2.43. The van der Waals surface area contributed by atoms with E-state index in [1.54, 1.807) is 12.3 Å². The van der Waals surface area contributed by atoms with Crippen LogP contribution >= 0.6 is 0 Å². The lowest BCUT2D eigenvalue weighted by molar-refractivity contribution is 0.589. The van der Waals surface area contributed by atoms with Gasteiger partial charge >= 0.3 is 0 Å². The second-order valence-corrected chi connectivity index (χ2v) is 9.16. The van der Waals surface area contributed by atoms with Crippen LogP contribution in [0, 0.1) is 12.7 Å². The Hall–Kier alpha value is -4.16. The molecule has 4 heterocycles. The van der Waals surface area contributed by atoms with Crippen LogP contribution < -0.4 is 10.2 Å². The number of rotatable bonds is 4. The monoisotopic (exact) mass is 475 g/mol. The van der Waals surface area contributed by atoms with Crippen LogP contribution in [0.25, 0.3) is 44.5 Å². The second-order valence-electron chi connectivity index (χ2n) is 9.16. The van der Waals surface area contributed by atoms with Crippen molar-refractivity contribution in [2.75, 3.05) is 31.1 Å².